The van der Waals surface area contributed by atoms with E-state index >= 15 is 0 Å². The molecule has 2 aromatic rings. The van der Waals surface area contributed by atoms with Crippen LogP contribution >= 0.6 is 0 Å². The Balaban J connectivity index is 2.08. The summed E-state index contributed by atoms with van der Waals surface area (Å²) < 4.78 is 32.9. The predicted molar refractivity (Wildman–Crippen MR) is 81.9 cm³/mol. The van der Waals surface area contributed by atoms with Crippen LogP contribution in [0.3, 0.4) is 0 Å². The van der Waals surface area contributed by atoms with Crippen LogP contribution in [-0.4, -0.2) is 54.7 Å². The minimum atomic E-state index is -3.68. The number of fused-ring (bicyclic) bond motifs is 1. The third kappa shape index (κ3) is 2.61. The van der Waals surface area contributed by atoms with E-state index in [0.29, 0.717) is 10.9 Å². The zero-order chi connectivity index (χ0) is 15.7. The van der Waals surface area contributed by atoms with Crippen molar-refractivity contribution in [3.63, 3.8) is 0 Å². The number of morpholine rings is 1. The van der Waals surface area contributed by atoms with Crippen molar-refractivity contribution in [1.82, 2.24) is 9.29 Å². The normalized spacial score (nSPS) is 23.7. The quantitative estimate of drug-likeness (QED) is 0.912. The van der Waals surface area contributed by atoms with E-state index in [-0.39, 0.29) is 30.7 Å². The second kappa shape index (κ2) is 5.92. The maximum Gasteiger partial charge on any atom is 0.244 e. The van der Waals surface area contributed by atoms with Gasteiger partial charge in [-0.05, 0) is 31.2 Å². The van der Waals surface area contributed by atoms with Gasteiger partial charge in [-0.1, -0.05) is 6.07 Å². The molecule has 118 valence electrons. The topological polar surface area (TPSA) is 79.7 Å². The van der Waals surface area contributed by atoms with Crippen molar-refractivity contribution < 1.29 is 18.3 Å². The van der Waals surface area contributed by atoms with E-state index in [9.17, 15) is 13.5 Å². The highest BCUT2D eigenvalue weighted by Crippen LogP contribution is 2.27. The molecule has 6 nitrogen and oxygen atoms in total. The van der Waals surface area contributed by atoms with E-state index in [1.807, 2.05) is 0 Å². The van der Waals surface area contributed by atoms with Gasteiger partial charge < -0.3 is 9.84 Å². The smallest absolute Gasteiger partial charge is 0.244 e. The van der Waals surface area contributed by atoms with Crippen LogP contribution in [0.2, 0.25) is 0 Å². The molecule has 0 amide bonds. The number of benzene rings is 1. The van der Waals surface area contributed by atoms with Crippen molar-refractivity contribution in [2.24, 2.45) is 0 Å². The first-order valence-electron chi connectivity index (χ1n) is 7.12. The predicted octanol–water partition coefficient (Wildman–Crippen LogP) is 1.01. The van der Waals surface area contributed by atoms with Gasteiger partial charge in [-0.25, -0.2) is 8.42 Å². The number of ether oxygens (including phenoxy) is 1. The molecule has 0 unspecified atom stereocenters. The number of aromatic nitrogens is 1. The lowest BCUT2D eigenvalue weighted by atomic mass is 10.2. The fourth-order valence-corrected chi connectivity index (χ4v) is 4.51. The maximum absolute atomic E-state index is 13.0. The summed E-state index contributed by atoms with van der Waals surface area (Å²) >= 11 is 0. The Morgan fingerprint density at radius 1 is 1.36 bits per heavy atom. The van der Waals surface area contributed by atoms with Gasteiger partial charge in [0.15, 0.2) is 0 Å². The minimum absolute atomic E-state index is 0.149. The molecular weight excluding hydrogens is 304 g/mol. The molecule has 7 heteroatoms. The van der Waals surface area contributed by atoms with Gasteiger partial charge in [0.2, 0.25) is 10.0 Å². The van der Waals surface area contributed by atoms with Crippen LogP contribution in [0.5, 0.6) is 0 Å². The maximum atomic E-state index is 13.0. The Kier molecular flexibility index (Phi) is 4.14. The Labute approximate surface area is 129 Å². The fraction of sp³-hybridized carbons (Fsp3) is 0.400. The summed E-state index contributed by atoms with van der Waals surface area (Å²) in [4.78, 5) is 4.44. The molecule has 1 aliphatic heterocycles. The molecule has 1 fully saturated rings. The van der Waals surface area contributed by atoms with Gasteiger partial charge in [0.1, 0.15) is 0 Å². The summed E-state index contributed by atoms with van der Waals surface area (Å²) in [5, 5.41) is 9.85. The first-order chi connectivity index (χ1) is 10.5. The standard InChI is InChI=1S/C15H18N2O4S/c1-11-10-21-12(9-18)8-17(11)22(19,20)15-6-2-5-14-13(15)4-3-7-16-14/h2-7,11-12,18H,8-10H2,1H3/t11-,12+/m1/s1. The lowest BCUT2D eigenvalue weighted by Gasteiger charge is -2.36. The molecule has 2 atom stereocenters. The number of rotatable bonds is 3. The van der Waals surface area contributed by atoms with Gasteiger partial charge in [0.05, 0.1) is 29.7 Å². The van der Waals surface area contributed by atoms with E-state index in [0.717, 1.165) is 0 Å². The SMILES string of the molecule is C[C@@H]1CO[C@H](CO)CN1S(=O)(=O)c1cccc2ncccc12. The zero-order valence-corrected chi connectivity index (χ0v) is 13.0. The van der Waals surface area contributed by atoms with Crippen LogP contribution < -0.4 is 0 Å². The molecule has 1 saturated heterocycles. The van der Waals surface area contributed by atoms with Crippen LogP contribution in [0.25, 0.3) is 10.9 Å². The van der Waals surface area contributed by atoms with Crippen molar-refractivity contribution in [3.8, 4) is 0 Å². The van der Waals surface area contributed by atoms with Crippen LogP contribution in [0.1, 0.15) is 6.92 Å². The molecule has 3 rings (SSSR count). The Morgan fingerprint density at radius 2 is 2.18 bits per heavy atom. The molecular formula is C15H18N2O4S. The van der Waals surface area contributed by atoms with Crippen LogP contribution in [-0.2, 0) is 14.8 Å². The molecule has 2 heterocycles. The summed E-state index contributed by atoms with van der Waals surface area (Å²) in [5.41, 5.74) is 0.642. The van der Waals surface area contributed by atoms with E-state index in [4.69, 9.17) is 4.74 Å². The summed E-state index contributed by atoms with van der Waals surface area (Å²) in [7, 11) is -3.68. The molecule has 22 heavy (non-hydrogen) atoms. The van der Waals surface area contributed by atoms with Crippen LogP contribution in [0, 0.1) is 0 Å². The van der Waals surface area contributed by atoms with Crippen molar-refractivity contribution in [3.05, 3.63) is 36.5 Å². The Morgan fingerprint density at radius 3 is 2.95 bits per heavy atom. The lowest BCUT2D eigenvalue weighted by Crippen LogP contribution is -2.51. The van der Waals surface area contributed by atoms with Crippen molar-refractivity contribution >= 4 is 20.9 Å². The van der Waals surface area contributed by atoms with E-state index in [1.165, 1.54) is 4.31 Å². The average Bonchev–Trinajstić information content (AvgIpc) is 2.54. The van der Waals surface area contributed by atoms with Crippen LogP contribution in [0.15, 0.2) is 41.4 Å². The van der Waals surface area contributed by atoms with Gasteiger partial charge >= 0.3 is 0 Å². The van der Waals surface area contributed by atoms with Crippen molar-refractivity contribution in [2.75, 3.05) is 19.8 Å². The van der Waals surface area contributed by atoms with Gasteiger partial charge in [0.25, 0.3) is 0 Å². The highest BCUT2D eigenvalue weighted by Gasteiger charge is 2.36. The molecule has 1 aliphatic rings. The second-order valence-electron chi connectivity index (χ2n) is 5.39. The van der Waals surface area contributed by atoms with Crippen LogP contribution in [0.4, 0.5) is 0 Å². The second-order valence-corrected chi connectivity index (χ2v) is 7.25. The number of aliphatic hydroxyl groups excluding tert-OH is 1. The number of hydrogen-bond donors (Lipinski definition) is 1. The third-order valence-corrected chi connectivity index (χ3v) is 5.88. The number of nitrogens with zero attached hydrogens (tertiary/aromatic N) is 2. The molecule has 1 aromatic heterocycles. The summed E-state index contributed by atoms with van der Waals surface area (Å²) in [6, 6.07) is 8.27. The number of sulfonamides is 1. The molecule has 1 aromatic carbocycles. The summed E-state index contributed by atoms with van der Waals surface area (Å²) in [6.45, 7) is 2.02. The Hall–Kier alpha value is -1.54. The molecule has 0 spiro atoms. The van der Waals surface area contributed by atoms with Crippen molar-refractivity contribution in [2.45, 2.75) is 24.0 Å². The largest absolute Gasteiger partial charge is 0.394 e. The zero-order valence-electron chi connectivity index (χ0n) is 12.2. The van der Waals surface area contributed by atoms with E-state index in [1.54, 1.807) is 43.5 Å². The highest BCUT2D eigenvalue weighted by atomic mass is 32.2. The monoisotopic (exact) mass is 322 g/mol. The number of pyridine rings is 1. The van der Waals surface area contributed by atoms with E-state index in [2.05, 4.69) is 4.98 Å². The van der Waals surface area contributed by atoms with E-state index < -0.39 is 16.1 Å². The minimum Gasteiger partial charge on any atom is -0.394 e. The molecule has 0 aliphatic carbocycles. The van der Waals surface area contributed by atoms with Gasteiger partial charge in [-0.2, -0.15) is 4.31 Å². The summed E-state index contributed by atoms with van der Waals surface area (Å²) in [6.07, 6.45) is 1.15. The third-order valence-electron chi connectivity index (χ3n) is 3.84. The fourth-order valence-electron chi connectivity index (χ4n) is 2.66. The Bertz CT molecular complexity index is 773. The number of hydrogen-bond acceptors (Lipinski definition) is 5. The van der Waals surface area contributed by atoms with Gasteiger partial charge in [0, 0.05) is 24.2 Å². The van der Waals surface area contributed by atoms with Gasteiger partial charge in [-0.3, -0.25) is 4.98 Å². The summed E-state index contributed by atoms with van der Waals surface area (Å²) in [5.74, 6) is 0. The van der Waals surface area contributed by atoms with Crippen molar-refractivity contribution in [1.29, 1.82) is 0 Å². The first-order valence-corrected chi connectivity index (χ1v) is 8.56. The lowest BCUT2D eigenvalue weighted by molar-refractivity contribution is -0.0516. The first kappa shape index (κ1) is 15.4. The molecule has 0 bridgehead atoms. The number of aliphatic hydroxyl groups is 1. The highest BCUT2D eigenvalue weighted by molar-refractivity contribution is 7.89. The van der Waals surface area contributed by atoms with Gasteiger partial charge in [-0.15, -0.1) is 0 Å². The molecule has 1 N–H and O–H groups in total. The molecule has 0 saturated carbocycles. The average molecular weight is 322 g/mol. The molecule has 0 radical (unpaired) electrons.